The van der Waals surface area contributed by atoms with Gasteiger partial charge >= 0.3 is 0 Å². The number of likely N-dealkylation sites (N-methyl/N-ethyl adjacent to an activating group) is 1. The van der Waals surface area contributed by atoms with Crippen molar-refractivity contribution in [1.82, 2.24) is 10.2 Å². The number of nitrogens with zero attached hydrogens (tertiary/aromatic N) is 1. The van der Waals surface area contributed by atoms with Crippen LogP contribution in [0.25, 0.3) is 0 Å². The lowest BCUT2D eigenvalue weighted by atomic mass is 10.3. The van der Waals surface area contributed by atoms with Crippen LogP contribution in [0.15, 0.2) is 24.3 Å². The van der Waals surface area contributed by atoms with E-state index in [1.54, 1.807) is 24.1 Å². The zero-order chi connectivity index (χ0) is 14.1. The molecular weight excluding hydrogens is 264 g/mol. The highest BCUT2D eigenvalue weighted by Crippen LogP contribution is 2.16. The molecule has 1 rings (SSSR count). The summed E-state index contributed by atoms with van der Waals surface area (Å²) >= 11 is 5.85. The van der Waals surface area contributed by atoms with Crippen molar-refractivity contribution in [2.45, 2.75) is 13.3 Å². The molecule has 5 heteroatoms. The first-order valence-corrected chi connectivity index (χ1v) is 6.84. The average molecular weight is 285 g/mol. The normalized spacial score (nSPS) is 10.3. The Morgan fingerprint density at radius 1 is 1.47 bits per heavy atom. The van der Waals surface area contributed by atoms with Crippen LogP contribution in [-0.2, 0) is 4.79 Å². The molecule has 0 fully saturated rings. The van der Waals surface area contributed by atoms with Gasteiger partial charge in [-0.2, -0.15) is 0 Å². The number of benzene rings is 1. The monoisotopic (exact) mass is 284 g/mol. The third-order valence-corrected chi connectivity index (χ3v) is 2.86. The van der Waals surface area contributed by atoms with Crippen LogP contribution in [0.1, 0.15) is 13.3 Å². The van der Waals surface area contributed by atoms with E-state index in [0.717, 1.165) is 18.7 Å². The van der Waals surface area contributed by atoms with Gasteiger partial charge in [-0.25, -0.2) is 0 Å². The van der Waals surface area contributed by atoms with Gasteiger partial charge in [-0.3, -0.25) is 4.79 Å². The van der Waals surface area contributed by atoms with Gasteiger partial charge in [0.25, 0.3) is 0 Å². The van der Waals surface area contributed by atoms with Gasteiger partial charge in [0.05, 0.1) is 13.1 Å². The summed E-state index contributed by atoms with van der Waals surface area (Å²) in [4.78, 5) is 13.4. The van der Waals surface area contributed by atoms with Crippen LogP contribution in [0.5, 0.6) is 5.75 Å². The van der Waals surface area contributed by atoms with Crippen LogP contribution in [0.3, 0.4) is 0 Å². The molecule has 0 bridgehead atoms. The Hall–Kier alpha value is -1.26. The number of hydrogen-bond donors (Lipinski definition) is 1. The Balaban J connectivity index is 2.23. The van der Waals surface area contributed by atoms with Crippen molar-refractivity contribution in [1.29, 1.82) is 0 Å². The van der Waals surface area contributed by atoms with E-state index < -0.39 is 0 Å². The molecule has 0 spiro atoms. The molecule has 0 saturated heterocycles. The Morgan fingerprint density at radius 2 is 2.26 bits per heavy atom. The maximum atomic E-state index is 11.7. The quantitative estimate of drug-likeness (QED) is 0.744. The summed E-state index contributed by atoms with van der Waals surface area (Å²) in [6.45, 7) is 4.32. The molecule has 1 amide bonds. The number of ether oxygens (including phenoxy) is 1. The first-order chi connectivity index (χ1) is 9.13. The molecule has 0 aromatic heterocycles. The van der Waals surface area contributed by atoms with E-state index in [4.69, 9.17) is 16.3 Å². The fourth-order valence-corrected chi connectivity index (χ4v) is 1.67. The molecule has 106 valence electrons. The molecule has 0 saturated carbocycles. The largest absolute Gasteiger partial charge is 0.492 e. The Morgan fingerprint density at radius 3 is 2.95 bits per heavy atom. The van der Waals surface area contributed by atoms with E-state index in [1.807, 2.05) is 12.1 Å². The lowest BCUT2D eigenvalue weighted by molar-refractivity contribution is -0.129. The fourth-order valence-electron chi connectivity index (χ4n) is 1.49. The first-order valence-electron chi connectivity index (χ1n) is 6.46. The molecule has 0 aliphatic heterocycles. The number of carbonyl (C=O) groups is 1. The van der Waals surface area contributed by atoms with Crippen molar-refractivity contribution in [2.24, 2.45) is 0 Å². The smallest absolute Gasteiger partial charge is 0.236 e. The molecule has 1 aromatic rings. The van der Waals surface area contributed by atoms with Gasteiger partial charge in [0.15, 0.2) is 0 Å². The second kappa shape index (κ2) is 8.77. The predicted octanol–water partition coefficient (Wildman–Crippen LogP) is 2.18. The summed E-state index contributed by atoms with van der Waals surface area (Å²) < 4.78 is 5.53. The molecule has 0 unspecified atom stereocenters. The molecule has 1 N–H and O–H groups in total. The van der Waals surface area contributed by atoms with Gasteiger partial charge < -0.3 is 15.0 Å². The van der Waals surface area contributed by atoms with Gasteiger partial charge in [0, 0.05) is 12.1 Å². The van der Waals surface area contributed by atoms with E-state index in [1.165, 1.54) is 0 Å². The number of halogens is 1. The van der Waals surface area contributed by atoms with Gasteiger partial charge in [-0.1, -0.05) is 24.6 Å². The first kappa shape index (κ1) is 15.8. The number of nitrogens with one attached hydrogen (secondary N) is 1. The van der Waals surface area contributed by atoms with E-state index >= 15 is 0 Å². The van der Waals surface area contributed by atoms with Crippen molar-refractivity contribution >= 4 is 17.5 Å². The fraction of sp³-hybridized carbons (Fsp3) is 0.500. The van der Waals surface area contributed by atoms with Gasteiger partial charge in [-0.15, -0.1) is 0 Å². The molecule has 19 heavy (non-hydrogen) atoms. The van der Waals surface area contributed by atoms with Crippen LogP contribution in [-0.4, -0.2) is 44.1 Å². The second-order valence-electron chi connectivity index (χ2n) is 4.30. The molecular formula is C14H21ClN2O2. The van der Waals surface area contributed by atoms with Crippen LogP contribution >= 0.6 is 11.6 Å². The van der Waals surface area contributed by atoms with E-state index in [0.29, 0.717) is 24.7 Å². The summed E-state index contributed by atoms with van der Waals surface area (Å²) in [5.74, 6) is 0.792. The summed E-state index contributed by atoms with van der Waals surface area (Å²) in [5.41, 5.74) is 0. The number of rotatable bonds is 8. The minimum absolute atomic E-state index is 0.0724. The third kappa shape index (κ3) is 6.45. The highest BCUT2D eigenvalue weighted by Gasteiger charge is 2.07. The van der Waals surface area contributed by atoms with Crippen molar-refractivity contribution in [2.75, 3.05) is 33.3 Å². The molecule has 0 atom stereocenters. The SMILES string of the molecule is CCCNCC(=O)N(C)CCOc1cccc(Cl)c1. The lowest BCUT2D eigenvalue weighted by Gasteiger charge is -2.17. The van der Waals surface area contributed by atoms with Crippen LogP contribution in [0, 0.1) is 0 Å². The minimum Gasteiger partial charge on any atom is -0.492 e. The van der Waals surface area contributed by atoms with Gasteiger partial charge in [0.1, 0.15) is 12.4 Å². The minimum atomic E-state index is 0.0724. The van der Waals surface area contributed by atoms with E-state index in [2.05, 4.69) is 12.2 Å². The molecule has 0 aliphatic carbocycles. The number of hydrogen-bond acceptors (Lipinski definition) is 3. The van der Waals surface area contributed by atoms with Crippen molar-refractivity contribution in [3.05, 3.63) is 29.3 Å². The number of amides is 1. The average Bonchev–Trinajstić information content (AvgIpc) is 2.39. The van der Waals surface area contributed by atoms with E-state index in [9.17, 15) is 4.79 Å². The zero-order valence-corrected chi connectivity index (χ0v) is 12.2. The Bertz CT molecular complexity index is 399. The van der Waals surface area contributed by atoms with Crippen LogP contribution < -0.4 is 10.1 Å². The third-order valence-electron chi connectivity index (χ3n) is 2.62. The molecule has 0 radical (unpaired) electrons. The predicted molar refractivity (Wildman–Crippen MR) is 77.7 cm³/mol. The highest BCUT2D eigenvalue weighted by molar-refractivity contribution is 6.30. The zero-order valence-electron chi connectivity index (χ0n) is 11.5. The van der Waals surface area contributed by atoms with Crippen molar-refractivity contribution in [3.8, 4) is 5.75 Å². The Kier molecular flexibility index (Phi) is 7.30. The summed E-state index contributed by atoms with van der Waals surface area (Å²) in [6, 6.07) is 7.23. The lowest BCUT2D eigenvalue weighted by Crippen LogP contribution is -2.37. The summed E-state index contributed by atoms with van der Waals surface area (Å²) in [7, 11) is 1.78. The van der Waals surface area contributed by atoms with Crippen LogP contribution in [0.2, 0.25) is 5.02 Å². The van der Waals surface area contributed by atoms with Crippen molar-refractivity contribution < 1.29 is 9.53 Å². The van der Waals surface area contributed by atoms with Crippen molar-refractivity contribution in [3.63, 3.8) is 0 Å². The molecule has 4 nitrogen and oxygen atoms in total. The second-order valence-corrected chi connectivity index (χ2v) is 4.73. The molecule has 0 aliphatic rings. The van der Waals surface area contributed by atoms with Crippen LogP contribution in [0.4, 0.5) is 0 Å². The van der Waals surface area contributed by atoms with Gasteiger partial charge in [-0.05, 0) is 31.2 Å². The van der Waals surface area contributed by atoms with E-state index in [-0.39, 0.29) is 5.91 Å². The molecule has 0 heterocycles. The molecule has 1 aromatic carbocycles. The van der Waals surface area contributed by atoms with Gasteiger partial charge in [0.2, 0.25) is 5.91 Å². The standard InChI is InChI=1S/C14H21ClN2O2/c1-3-7-16-11-14(18)17(2)8-9-19-13-6-4-5-12(15)10-13/h4-6,10,16H,3,7-9,11H2,1-2H3. The summed E-state index contributed by atoms with van der Waals surface area (Å²) in [6.07, 6.45) is 1.02. The summed E-state index contributed by atoms with van der Waals surface area (Å²) in [5, 5.41) is 3.73. The maximum absolute atomic E-state index is 11.7. The maximum Gasteiger partial charge on any atom is 0.236 e. The topological polar surface area (TPSA) is 41.6 Å². The Labute approximate surface area is 119 Å². The highest BCUT2D eigenvalue weighted by atomic mass is 35.5. The number of carbonyl (C=O) groups excluding carboxylic acids is 1.